The van der Waals surface area contributed by atoms with Crippen LogP contribution in [0.2, 0.25) is 0 Å². The van der Waals surface area contributed by atoms with Gasteiger partial charge >= 0.3 is 0 Å². The Hall–Kier alpha value is -3.18. The topological polar surface area (TPSA) is 189 Å². The van der Waals surface area contributed by atoms with E-state index in [4.69, 9.17) is 9.95 Å². The third-order valence-corrected chi connectivity index (χ3v) is 10.9. The molecule has 0 radical (unpaired) electrons. The SMILES string of the molecule is CCCSSCC(NC(=O)c1ccccc1NC(C)=O)C(=O)NN.[2H]C([2H])([2H])C(=O)Nc1ccccc1C(=O)NC(CSSCCC)C(C)=O. The molecule has 258 valence electrons. The van der Waals surface area contributed by atoms with Crippen molar-refractivity contribution in [1.82, 2.24) is 16.1 Å². The predicted octanol–water partition coefficient (Wildman–Crippen LogP) is 4.65. The summed E-state index contributed by atoms with van der Waals surface area (Å²) >= 11 is 0. The Balaban J connectivity index is 0.000000502. The van der Waals surface area contributed by atoms with Crippen LogP contribution in [0.3, 0.4) is 0 Å². The van der Waals surface area contributed by atoms with Crippen LogP contribution in [0.5, 0.6) is 0 Å². The highest BCUT2D eigenvalue weighted by molar-refractivity contribution is 8.77. The predicted molar refractivity (Wildman–Crippen MR) is 197 cm³/mol. The lowest BCUT2D eigenvalue weighted by Crippen LogP contribution is -2.50. The quantitative estimate of drug-likeness (QED) is 0.0413. The Labute approximate surface area is 296 Å². The van der Waals surface area contributed by atoms with E-state index < -0.39 is 42.6 Å². The lowest BCUT2D eigenvalue weighted by atomic mass is 10.1. The molecule has 0 aromatic heterocycles. The first kappa shape index (κ1) is 36.7. The molecule has 0 aliphatic carbocycles. The molecule has 0 spiro atoms. The van der Waals surface area contributed by atoms with Crippen LogP contribution >= 0.6 is 43.2 Å². The maximum Gasteiger partial charge on any atom is 0.257 e. The van der Waals surface area contributed by atoms with Gasteiger partial charge in [0.15, 0.2) is 5.78 Å². The Morgan fingerprint density at radius 1 is 0.702 bits per heavy atom. The number of anilines is 2. The molecule has 2 rings (SSSR count). The molecule has 0 bridgehead atoms. The fourth-order valence-corrected chi connectivity index (χ4v) is 8.11. The molecule has 5 amide bonds. The summed E-state index contributed by atoms with van der Waals surface area (Å²) in [5.74, 6) is 4.82. The van der Waals surface area contributed by atoms with Crippen LogP contribution in [0.1, 0.15) is 72.2 Å². The van der Waals surface area contributed by atoms with E-state index in [9.17, 15) is 28.8 Å². The molecule has 0 saturated heterocycles. The summed E-state index contributed by atoms with van der Waals surface area (Å²) in [7, 11) is 6.27. The highest BCUT2D eigenvalue weighted by Crippen LogP contribution is 2.24. The van der Waals surface area contributed by atoms with Gasteiger partial charge in [-0.25, -0.2) is 5.84 Å². The van der Waals surface area contributed by atoms with Crippen LogP contribution in [-0.2, 0) is 19.2 Å². The summed E-state index contributed by atoms with van der Waals surface area (Å²) in [4.78, 5) is 71.6. The van der Waals surface area contributed by atoms with Gasteiger partial charge in [0, 0.05) is 40.9 Å². The first-order valence-electron chi connectivity index (χ1n) is 16.0. The van der Waals surface area contributed by atoms with Crippen LogP contribution in [-0.4, -0.2) is 70.4 Å². The largest absolute Gasteiger partial charge is 0.341 e. The molecule has 16 heteroatoms. The Kier molecular flexibility index (Phi) is 18.7. The van der Waals surface area contributed by atoms with Crippen molar-refractivity contribution in [1.29, 1.82) is 0 Å². The van der Waals surface area contributed by atoms with Crippen molar-refractivity contribution in [2.45, 2.75) is 59.5 Å². The van der Waals surface area contributed by atoms with Gasteiger partial charge in [-0.3, -0.25) is 34.2 Å². The number of para-hydroxylation sites is 2. The van der Waals surface area contributed by atoms with Crippen LogP contribution in [0.15, 0.2) is 48.5 Å². The van der Waals surface area contributed by atoms with Gasteiger partial charge in [0.05, 0.1) is 28.5 Å². The summed E-state index contributed by atoms with van der Waals surface area (Å²) in [5, 5.41) is 10.1. The average Bonchev–Trinajstić information content (AvgIpc) is 3.07. The Morgan fingerprint density at radius 3 is 1.57 bits per heavy atom. The summed E-state index contributed by atoms with van der Waals surface area (Å²) < 4.78 is 21.3. The van der Waals surface area contributed by atoms with Crippen molar-refractivity contribution >= 4 is 89.9 Å². The van der Waals surface area contributed by atoms with E-state index in [0.717, 1.165) is 24.3 Å². The zero-order chi connectivity index (χ0) is 37.7. The van der Waals surface area contributed by atoms with Crippen LogP contribution in [0, 0.1) is 0 Å². The average molecular weight is 728 g/mol. The number of hydrogen-bond acceptors (Lipinski definition) is 11. The van der Waals surface area contributed by atoms with Gasteiger partial charge in [-0.2, -0.15) is 0 Å². The smallest absolute Gasteiger partial charge is 0.257 e. The lowest BCUT2D eigenvalue weighted by molar-refractivity contribution is -0.122. The maximum atomic E-state index is 12.5. The second-order valence-corrected chi connectivity index (χ2v) is 14.9. The van der Waals surface area contributed by atoms with Gasteiger partial charge in [0.1, 0.15) is 6.04 Å². The van der Waals surface area contributed by atoms with Crippen LogP contribution < -0.4 is 32.5 Å². The number of hydrazine groups is 1. The van der Waals surface area contributed by atoms with Gasteiger partial charge in [0.25, 0.3) is 17.7 Å². The van der Waals surface area contributed by atoms with E-state index in [2.05, 4.69) is 40.5 Å². The van der Waals surface area contributed by atoms with E-state index in [-0.39, 0.29) is 28.5 Å². The minimum atomic E-state index is -2.82. The fraction of sp³-hybridized carbons (Fsp3) is 0.419. The molecule has 2 unspecified atom stereocenters. The van der Waals surface area contributed by atoms with Crippen molar-refractivity contribution in [2.75, 3.05) is 33.6 Å². The number of benzene rings is 2. The number of Topliss-reactive ketones (excluding diaryl/α,β-unsaturated/α-hetero) is 1. The zero-order valence-corrected chi connectivity index (χ0v) is 29.9. The van der Waals surface area contributed by atoms with E-state index in [1.54, 1.807) is 58.0 Å². The van der Waals surface area contributed by atoms with Crippen LogP contribution in [0.25, 0.3) is 0 Å². The number of ketones is 1. The molecule has 2 atom stereocenters. The molecule has 0 aliphatic heterocycles. The van der Waals surface area contributed by atoms with Gasteiger partial charge in [-0.05, 0) is 44.0 Å². The molecule has 47 heavy (non-hydrogen) atoms. The van der Waals surface area contributed by atoms with E-state index in [1.807, 2.05) is 0 Å². The molecule has 0 heterocycles. The van der Waals surface area contributed by atoms with Gasteiger partial charge in [-0.1, -0.05) is 81.3 Å². The van der Waals surface area contributed by atoms with Crippen LogP contribution in [0.4, 0.5) is 11.4 Å². The number of carbonyl (C=O) groups excluding carboxylic acids is 6. The maximum absolute atomic E-state index is 12.5. The van der Waals surface area contributed by atoms with Gasteiger partial charge in [-0.15, -0.1) is 0 Å². The Bertz CT molecular complexity index is 1450. The normalized spacial score (nSPS) is 12.7. The standard InChI is InChI=1S/C16H22N2O3S2.C15H22N4O3S2/c1-4-9-22-23-10-15(11(2)19)18-16(21)13-7-5-6-8-14(13)17-12(3)20;1-3-8-23-24-9-13(15(22)19-16)18-14(21)11-6-4-5-7-12(11)17-10(2)20/h5-8,15H,4,9-10H2,1-3H3,(H,17,20)(H,18,21);4-7,13H,3,8-9,16H2,1-2H3,(H,17,20)(H,18,21)(H,19,22)/i3D3;. The lowest BCUT2D eigenvalue weighted by Gasteiger charge is -2.17. The minimum absolute atomic E-state index is 0.0847. The summed E-state index contributed by atoms with van der Waals surface area (Å²) in [5.41, 5.74) is 2.92. The van der Waals surface area contributed by atoms with Crippen molar-refractivity contribution in [3.05, 3.63) is 59.7 Å². The van der Waals surface area contributed by atoms with E-state index in [0.29, 0.717) is 17.2 Å². The fourth-order valence-electron chi connectivity index (χ4n) is 3.43. The van der Waals surface area contributed by atoms with Crippen molar-refractivity contribution < 1.29 is 32.9 Å². The zero-order valence-electron chi connectivity index (χ0n) is 29.7. The molecule has 0 saturated carbocycles. The second-order valence-electron chi connectivity index (χ2n) is 9.61. The summed E-state index contributed by atoms with van der Waals surface area (Å²) in [6, 6.07) is 11.2. The molecular formula is C31H44N6O6S4. The highest BCUT2D eigenvalue weighted by atomic mass is 33.1. The number of amides is 5. The third kappa shape index (κ3) is 17.0. The van der Waals surface area contributed by atoms with Crippen molar-refractivity contribution in [3.8, 4) is 0 Å². The third-order valence-electron chi connectivity index (χ3n) is 5.67. The van der Waals surface area contributed by atoms with Gasteiger partial charge in [0.2, 0.25) is 11.8 Å². The number of nitrogens with two attached hydrogens (primary N) is 1. The monoisotopic (exact) mass is 727 g/mol. The molecule has 2 aromatic rings. The first-order chi connectivity index (χ1) is 23.7. The second kappa shape index (κ2) is 24.0. The molecule has 0 fully saturated rings. The number of hydrogen-bond donors (Lipinski definition) is 6. The molecule has 12 nitrogen and oxygen atoms in total. The minimum Gasteiger partial charge on any atom is -0.341 e. The van der Waals surface area contributed by atoms with Gasteiger partial charge < -0.3 is 21.3 Å². The Morgan fingerprint density at radius 2 is 1.15 bits per heavy atom. The van der Waals surface area contributed by atoms with E-state index in [1.165, 1.54) is 47.6 Å². The summed E-state index contributed by atoms with van der Waals surface area (Å²) in [6.45, 7) is 4.07. The number of carbonyl (C=O) groups is 6. The van der Waals surface area contributed by atoms with Crippen molar-refractivity contribution in [2.24, 2.45) is 5.84 Å². The number of rotatable bonds is 18. The van der Waals surface area contributed by atoms with Crippen molar-refractivity contribution in [3.63, 3.8) is 0 Å². The highest BCUT2D eigenvalue weighted by Gasteiger charge is 2.23. The molecule has 7 N–H and O–H groups in total. The molecule has 0 aliphatic rings. The molecule has 2 aromatic carbocycles. The summed E-state index contributed by atoms with van der Waals surface area (Å²) in [6.07, 6.45) is 2.05. The number of nitrogens with one attached hydrogen (secondary N) is 5. The molecular weight excluding hydrogens is 681 g/mol. The van der Waals surface area contributed by atoms with E-state index >= 15 is 0 Å². The first-order valence-corrected chi connectivity index (χ1v) is 19.5.